The van der Waals surface area contributed by atoms with Crippen LogP contribution in [0.3, 0.4) is 0 Å². The van der Waals surface area contributed by atoms with Gasteiger partial charge in [-0.2, -0.15) is 8.42 Å². The number of benzene rings is 1. The molecule has 1 aromatic rings. The van der Waals surface area contributed by atoms with Gasteiger partial charge in [-0.25, -0.2) is 4.79 Å². The molecular formula is C14H19NO5S. The molecule has 1 aliphatic heterocycles. The zero-order valence-corrected chi connectivity index (χ0v) is 12.7. The van der Waals surface area contributed by atoms with E-state index in [1.165, 1.54) is 0 Å². The highest BCUT2D eigenvalue weighted by atomic mass is 32.2. The second-order valence-corrected chi connectivity index (χ2v) is 6.77. The van der Waals surface area contributed by atoms with E-state index in [4.69, 9.17) is 8.92 Å². The number of likely N-dealkylation sites (tertiary alicyclic amines) is 1. The normalized spacial score (nSPS) is 18.7. The van der Waals surface area contributed by atoms with E-state index >= 15 is 0 Å². The van der Waals surface area contributed by atoms with Gasteiger partial charge in [0, 0.05) is 19.0 Å². The molecule has 1 aliphatic rings. The average Bonchev–Trinajstić information content (AvgIpc) is 2.92. The lowest BCUT2D eigenvalue weighted by molar-refractivity contribution is 0.102. The van der Waals surface area contributed by atoms with Gasteiger partial charge in [-0.3, -0.25) is 4.18 Å². The van der Waals surface area contributed by atoms with Crippen LogP contribution in [0, 0.1) is 5.92 Å². The number of amides is 1. The second-order valence-electron chi connectivity index (χ2n) is 5.13. The zero-order chi connectivity index (χ0) is 15.3. The molecule has 6 nitrogen and oxygen atoms in total. The maximum atomic E-state index is 11.9. The molecule has 0 saturated carbocycles. The third-order valence-electron chi connectivity index (χ3n) is 3.27. The van der Waals surface area contributed by atoms with Crippen LogP contribution in [0.2, 0.25) is 0 Å². The van der Waals surface area contributed by atoms with E-state index < -0.39 is 10.1 Å². The van der Waals surface area contributed by atoms with Crippen molar-refractivity contribution in [1.29, 1.82) is 0 Å². The molecule has 0 aromatic heterocycles. The SMILES string of the molecule is CS(=O)(=O)OC[C@@H]1CCN(C(=O)OCc2ccccc2)C1. The molecule has 0 radical (unpaired) electrons. The molecule has 0 bridgehead atoms. The first kappa shape index (κ1) is 15.8. The van der Waals surface area contributed by atoms with Crippen LogP contribution in [0.15, 0.2) is 30.3 Å². The first-order chi connectivity index (χ1) is 9.94. The lowest BCUT2D eigenvalue weighted by Crippen LogP contribution is -2.30. The molecule has 1 saturated heterocycles. The Morgan fingerprint density at radius 2 is 2.05 bits per heavy atom. The van der Waals surface area contributed by atoms with Crippen molar-refractivity contribution >= 4 is 16.2 Å². The Bertz CT molecular complexity index is 572. The Kier molecular flexibility index (Phi) is 5.19. The summed E-state index contributed by atoms with van der Waals surface area (Å²) in [5.74, 6) is 0.0315. The van der Waals surface area contributed by atoms with Crippen molar-refractivity contribution in [1.82, 2.24) is 4.90 Å². The molecule has 1 heterocycles. The highest BCUT2D eigenvalue weighted by Crippen LogP contribution is 2.18. The van der Waals surface area contributed by atoms with Crippen LogP contribution >= 0.6 is 0 Å². The summed E-state index contributed by atoms with van der Waals surface area (Å²) >= 11 is 0. The van der Waals surface area contributed by atoms with Gasteiger partial charge in [0.15, 0.2) is 0 Å². The van der Waals surface area contributed by atoms with Crippen LogP contribution < -0.4 is 0 Å². The summed E-state index contributed by atoms with van der Waals surface area (Å²) in [6.07, 6.45) is 1.37. The Balaban J connectivity index is 1.74. The van der Waals surface area contributed by atoms with E-state index in [2.05, 4.69) is 0 Å². The molecule has 0 aliphatic carbocycles. The number of carbonyl (C=O) groups is 1. The minimum Gasteiger partial charge on any atom is -0.445 e. The van der Waals surface area contributed by atoms with E-state index in [0.717, 1.165) is 18.2 Å². The van der Waals surface area contributed by atoms with Crippen molar-refractivity contribution in [3.05, 3.63) is 35.9 Å². The Hall–Kier alpha value is -1.60. The van der Waals surface area contributed by atoms with E-state index in [1.807, 2.05) is 30.3 Å². The molecular weight excluding hydrogens is 294 g/mol. The summed E-state index contributed by atoms with van der Waals surface area (Å²) in [7, 11) is -3.43. The monoisotopic (exact) mass is 313 g/mol. The van der Waals surface area contributed by atoms with Gasteiger partial charge in [0.05, 0.1) is 12.9 Å². The number of hydrogen-bond donors (Lipinski definition) is 0. The third kappa shape index (κ3) is 5.35. The molecule has 1 atom stereocenters. The Labute approximate surface area is 124 Å². The Morgan fingerprint density at radius 3 is 2.71 bits per heavy atom. The van der Waals surface area contributed by atoms with E-state index in [-0.39, 0.29) is 25.2 Å². The van der Waals surface area contributed by atoms with Gasteiger partial charge < -0.3 is 9.64 Å². The van der Waals surface area contributed by atoms with Crippen molar-refractivity contribution in [2.45, 2.75) is 13.0 Å². The fraction of sp³-hybridized carbons (Fsp3) is 0.500. The molecule has 116 valence electrons. The van der Waals surface area contributed by atoms with Gasteiger partial charge in [0.25, 0.3) is 10.1 Å². The number of carbonyl (C=O) groups excluding carboxylic acids is 1. The summed E-state index contributed by atoms with van der Waals surface area (Å²) in [6, 6.07) is 9.45. The smallest absolute Gasteiger partial charge is 0.410 e. The molecule has 2 rings (SSSR count). The average molecular weight is 313 g/mol. The van der Waals surface area contributed by atoms with Gasteiger partial charge in [0.1, 0.15) is 6.61 Å². The predicted octanol–water partition coefficient (Wildman–Crippen LogP) is 1.62. The van der Waals surface area contributed by atoms with Crippen molar-refractivity contribution in [3.8, 4) is 0 Å². The first-order valence-corrected chi connectivity index (χ1v) is 8.56. The van der Waals surface area contributed by atoms with Crippen LogP contribution in [0.5, 0.6) is 0 Å². The lowest BCUT2D eigenvalue weighted by atomic mass is 10.1. The predicted molar refractivity (Wildman–Crippen MR) is 77.1 cm³/mol. The number of rotatable bonds is 5. The minimum atomic E-state index is -3.43. The van der Waals surface area contributed by atoms with Crippen LogP contribution in [-0.2, 0) is 25.6 Å². The van der Waals surface area contributed by atoms with Crippen molar-refractivity contribution in [2.24, 2.45) is 5.92 Å². The molecule has 7 heteroatoms. The molecule has 0 unspecified atom stereocenters. The first-order valence-electron chi connectivity index (χ1n) is 6.74. The second kappa shape index (κ2) is 6.91. The topological polar surface area (TPSA) is 72.9 Å². The van der Waals surface area contributed by atoms with Crippen molar-refractivity contribution in [3.63, 3.8) is 0 Å². The fourth-order valence-corrected chi connectivity index (χ4v) is 2.60. The quantitative estimate of drug-likeness (QED) is 0.772. The summed E-state index contributed by atoms with van der Waals surface area (Å²) in [5, 5.41) is 0. The summed E-state index contributed by atoms with van der Waals surface area (Å²) < 4.78 is 31.9. The number of hydrogen-bond acceptors (Lipinski definition) is 5. The largest absolute Gasteiger partial charge is 0.445 e. The van der Waals surface area contributed by atoms with Crippen molar-refractivity contribution in [2.75, 3.05) is 26.0 Å². The Morgan fingerprint density at radius 1 is 1.33 bits per heavy atom. The maximum Gasteiger partial charge on any atom is 0.410 e. The van der Waals surface area contributed by atoms with Crippen LogP contribution in [0.4, 0.5) is 4.79 Å². The molecule has 0 spiro atoms. The third-order valence-corrected chi connectivity index (χ3v) is 3.83. The standard InChI is InChI=1S/C14H19NO5S/c1-21(17,18)20-11-13-7-8-15(9-13)14(16)19-10-12-5-3-2-4-6-12/h2-6,13H,7-11H2,1H3/t13-/m1/s1. The van der Waals surface area contributed by atoms with Gasteiger partial charge >= 0.3 is 6.09 Å². The number of ether oxygens (including phenoxy) is 1. The molecule has 1 amide bonds. The van der Waals surface area contributed by atoms with Gasteiger partial charge in [-0.1, -0.05) is 30.3 Å². The van der Waals surface area contributed by atoms with Crippen LogP contribution in [0.1, 0.15) is 12.0 Å². The highest BCUT2D eigenvalue weighted by molar-refractivity contribution is 7.85. The minimum absolute atomic E-state index is 0.0315. The summed E-state index contributed by atoms with van der Waals surface area (Å²) in [4.78, 5) is 13.5. The van der Waals surface area contributed by atoms with Gasteiger partial charge in [0.2, 0.25) is 0 Å². The van der Waals surface area contributed by atoms with E-state index in [0.29, 0.717) is 13.1 Å². The maximum absolute atomic E-state index is 11.9. The summed E-state index contributed by atoms with van der Waals surface area (Å²) in [5.41, 5.74) is 0.932. The zero-order valence-electron chi connectivity index (χ0n) is 11.9. The van der Waals surface area contributed by atoms with E-state index in [9.17, 15) is 13.2 Å². The lowest BCUT2D eigenvalue weighted by Gasteiger charge is -2.16. The fourth-order valence-electron chi connectivity index (χ4n) is 2.16. The number of nitrogens with zero attached hydrogens (tertiary/aromatic N) is 1. The van der Waals surface area contributed by atoms with Crippen molar-refractivity contribution < 1.29 is 22.1 Å². The van der Waals surface area contributed by atoms with Crippen LogP contribution in [0.25, 0.3) is 0 Å². The summed E-state index contributed by atoms with van der Waals surface area (Å²) in [6.45, 7) is 1.37. The van der Waals surface area contributed by atoms with Crippen LogP contribution in [-0.4, -0.2) is 45.4 Å². The molecule has 21 heavy (non-hydrogen) atoms. The van der Waals surface area contributed by atoms with E-state index in [1.54, 1.807) is 4.90 Å². The highest BCUT2D eigenvalue weighted by Gasteiger charge is 2.28. The molecule has 1 fully saturated rings. The van der Waals surface area contributed by atoms with Gasteiger partial charge in [-0.15, -0.1) is 0 Å². The molecule has 1 aromatic carbocycles. The molecule has 0 N–H and O–H groups in total. The van der Waals surface area contributed by atoms with Gasteiger partial charge in [-0.05, 0) is 12.0 Å².